The van der Waals surface area contributed by atoms with Gasteiger partial charge in [0.15, 0.2) is 0 Å². The van der Waals surface area contributed by atoms with Gasteiger partial charge in [0.25, 0.3) is 11.8 Å². The zero-order valence-electron chi connectivity index (χ0n) is 51.5. The number of carbonyl (C=O) groups is 4. The van der Waals surface area contributed by atoms with Gasteiger partial charge in [0.05, 0.1) is 98.9 Å². The number of hydrogen-bond donors (Lipinski definition) is 4. The normalized spacial score (nSPS) is 13.2. The molecule has 2 heterocycles. The second-order valence-corrected chi connectivity index (χ2v) is 26.3. The van der Waals surface area contributed by atoms with E-state index < -0.39 is 43.6 Å². The third kappa shape index (κ3) is 17.5. The number of anilines is 2. The Morgan fingerprint density at radius 2 is 0.913 bits per heavy atom. The molecule has 488 valence electrons. The van der Waals surface area contributed by atoms with Crippen molar-refractivity contribution in [1.29, 1.82) is 0 Å². The molecule has 0 bridgehead atoms. The molecule has 0 atom stereocenters. The molecule has 20 nitrogen and oxygen atoms in total. The van der Waals surface area contributed by atoms with Crippen LogP contribution in [0, 0.1) is 11.6 Å². The number of hydrogen-bond acceptors (Lipinski definition) is 14. The molecular weight excluding hydrogens is 1230 g/mol. The maximum absolute atomic E-state index is 13.6. The highest BCUT2D eigenvalue weighted by molar-refractivity contribution is 7.92. The van der Waals surface area contributed by atoms with Gasteiger partial charge in [-0.05, 0) is 170 Å². The molecule has 24 heteroatoms. The average molecular weight is 1310 g/mol. The number of ether oxygens (including phenoxy) is 4. The van der Waals surface area contributed by atoms with Crippen molar-refractivity contribution in [3.63, 3.8) is 0 Å². The molecule has 0 spiro atoms. The van der Waals surface area contributed by atoms with E-state index in [0.717, 1.165) is 73.3 Å². The van der Waals surface area contributed by atoms with Crippen LogP contribution < -0.4 is 19.2 Å². The van der Waals surface area contributed by atoms with Crippen molar-refractivity contribution in [1.82, 2.24) is 10.6 Å². The first kappa shape index (κ1) is 67.9. The van der Waals surface area contributed by atoms with Crippen LogP contribution in [-0.2, 0) is 51.8 Å². The van der Waals surface area contributed by atoms with E-state index in [-0.39, 0.29) is 85.8 Å². The SMILES string of the molecule is CNC(=O)c1c(-c2ccc(F)cc2)oc2cc(N(CCOCCOCCCc3ccc(C(=O)O)cc3)S(C)(=O)=O)c(C3CC3)cc12.CNC(=O)c1c(-c2ccc(F)cc2)oc2cc(N(CCOCCOCCCc3cccc(C(=O)O)c3)S(C)(=O)=O)c(C3CC3)cc12. The minimum absolute atomic E-state index is 0.0673. The van der Waals surface area contributed by atoms with Gasteiger partial charge in [0.2, 0.25) is 20.0 Å². The number of furan rings is 2. The first-order valence-electron chi connectivity index (χ1n) is 30.2. The summed E-state index contributed by atoms with van der Waals surface area (Å²) in [4.78, 5) is 48.1. The van der Waals surface area contributed by atoms with E-state index in [1.807, 2.05) is 18.2 Å². The molecule has 8 aromatic rings. The molecule has 2 aliphatic rings. The molecule has 92 heavy (non-hydrogen) atoms. The smallest absolute Gasteiger partial charge is 0.335 e. The fourth-order valence-electron chi connectivity index (χ4n) is 10.8. The summed E-state index contributed by atoms with van der Waals surface area (Å²) >= 11 is 0. The number of nitrogens with one attached hydrogen (secondary N) is 2. The molecule has 2 fully saturated rings. The minimum Gasteiger partial charge on any atom is -0.478 e. The Labute approximate surface area is 532 Å². The van der Waals surface area contributed by atoms with Gasteiger partial charge in [-0.25, -0.2) is 35.2 Å². The summed E-state index contributed by atoms with van der Waals surface area (Å²) < 4.78 is 117. The van der Waals surface area contributed by atoms with Gasteiger partial charge in [0.1, 0.15) is 34.3 Å². The molecule has 0 radical (unpaired) electrons. The number of nitrogens with zero attached hydrogens (tertiary/aromatic N) is 2. The predicted molar refractivity (Wildman–Crippen MR) is 345 cm³/mol. The van der Waals surface area contributed by atoms with Crippen LogP contribution in [0.3, 0.4) is 0 Å². The fourth-order valence-corrected chi connectivity index (χ4v) is 12.6. The van der Waals surface area contributed by atoms with Crippen molar-refractivity contribution < 1.29 is 82.8 Å². The van der Waals surface area contributed by atoms with E-state index in [2.05, 4.69) is 10.6 Å². The van der Waals surface area contributed by atoms with E-state index in [1.165, 1.54) is 71.2 Å². The number of aromatic carboxylic acids is 2. The molecule has 0 unspecified atom stereocenters. The minimum atomic E-state index is -3.71. The van der Waals surface area contributed by atoms with Crippen LogP contribution in [0.4, 0.5) is 20.2 Å². The lowest BCUT2D eigenvalue weighted by Crippen LogP contribution is -2.34. The Bertz CT molecular complexity index is 4150. The van der Waals surface area contributed by atoms with E-state index in [9.17, 15) is 44.8 Å². The lowest BCUT2D eigenvalue weighted by Gasteiger charge is -2.25. The number of carboxylic acids is 2. The molecular formula is C68H74F2N4O16S2. The molecule has 2 saturated carbocycles. The summed E-state index contributed by atoms with van der Waals surface area (Å²) in [6.45, 7) is 2.62. The Hall–Kier alpha value is -8.52. The predicted octanol–water partition coefficient (Wildman–Crippen LogP) is 11.2. The topological polar surface area (TPSA) is 271 Å². The third-order valence-electron chi connectivity index (χ3n) is 15.7. The molecule has 6 aromatic carbocycles. The lowest BCUT2D eigenvalue weighted by molar-refractivity contribution is 0.0501. The monoisotopic (exact) mass is 1300 g/mol. The van der Waals surface area contributed by atoms with Crippen molar-refractivity contribution >= 4 is 77.1 Å². The number of benzene rings is 6. The summed E-state index contributed by atoms with van der Waals surface area (Å²) in [6, 6.07) is 31.9. The van der Waals surface area contributed by atoms with Gasteiger partial charge < -0.3 is 48.6 Å². The molecule has 0 saturated heterocycles. The summed E-state index contributed by atoms with van der Waals surface area (Å²) in [5, 5.41) is 24.5. The Kier molecular flexibility index (Phi) is 22.7. The summed E-state index contributed by atoms with van der Waals surface area (Å²) in [5.74, 6) is -2.63. The number of aryl methyl sites for hydroxylation is 2. The molecule has 2 aliphatic carbocycles. The van der Waals surface area contributed by atoms with Crippen LogP contribution in [0.2, 0.25) is 0 Å². The quantitative estimate of drug-likeness (QED) is 0.0285. The summed E-state index contributed by atoms with van der Waals surface area (Å²) in [6.07, 6.45) is 8.80. The molecule has 0 aliphatic heterocycles. The second kappa shape index (κ2) is 30.7. The Morgan fingerprint density at radius 1 is 0.511 bits per heavy atom. The zero-order valence-corrected chi connectivity index (χ0v) is 53.1. The first-order chi connectivity index (χ1) is 44.1. The standard InChI is InChI=1S/2C34H37FN2O8S/c1-36-33(38)31-28-20-27(23-8-9-23)29(21-30(28)45-32(31)24-10-12-26(35)13-11-24)37(46(2,41)42)14-16-44-18-17-43-15-4-6-22-5-3-7-25(19-22)34(39)40;1-36-33(38)31-28-20-27(23-9-10-23)29(21-30(28)45-32(31)24-11-13-26(35)14-12-24)37(46(2,41)42)15-17-44-19-18-43-16-3-4-22-5-7-25(8-6-22)34(39)40/h3,5,7,10-13,19-21,23H,4,6,8-9,14-18H2,1-2H3,(H,36,38)(H,39,40);5-8,11-14,20-21,23H,3-4,9-10,15-19H2,1-2H3,(H,36,38)(H,39,40). The highest BCUT2D eigenvalue weighted by atomic mass is 32.2. The van der Waals surface area contributed by atoms with E-state index >= 15 is 0 Å². The lowest BCUT2D eigenvalue weighted by atomic mass is 10.0. The second-order valence-electron chi connectivity index (χ2n) is 22.5. The summed E-state index contributed by atoms with van der Waals surface area (Å²) in [7, 11) is -4.38. The maximum atomic E-state index is 13.6. The highest BCUT2D eigenvalue weighted by Gasteiger charge is 2.35. The van der Waals surface area contributed by atoms with Crippen LogP contribution in [0.15, 0.2) is 130 Å². The van der Waals surface area contributed by atoms with Gasteiger partial charge in [0, 0.05) is 61.3 Å². The fraction of sp³-hybridized carbons (Fsp3) is 0.353. The van der Waals surface area contributed by atoms with Gasteiger partial charge in [-0.2, -0.15) is 0 Å². The Balaban J connectivity index is 0.000000217. The number of fused-ring (bicyclic) bond motifs is 2. The average Bonchev–Trinajstić information content (AvgIpc) is 1.64. The van der Waals surface area contributed by atoms with Crippen LogP contribution in [0.1, 0.15) is 114 Å². The van der Waals surface area contributed by atoms with Crippen molar-refractivity contribution in [3.8, 4) is 22.6 Å². The van der Waals surface area contributed by atoms with Crippen molar-refractivity contribution in [3.05, 3.63) is 177 Å². The zero-order chi connectivity index (χ0) is 65.7. The van der Waals surface area contributed by atoms with Crippen LogP contribution >= 0.6 is 0 Å². The van der Waals surface area contributed by atoms with Crippen LogP contribution in [0.5, 0.6) is 0 Å². The highest BCUT2D eigenvalue weighted by Crippen LogP contribution is 2.50. The van der Waals surface area contributed by atoms with Crippen molar-refractivity contribution in [2.45, 2.75) is 63.2 Å². The molecule has 2 aromatic heterocycles. The third-order valence-corrected chi connectivity index (χ3v) is 18.0. The number of carboxylic acid groups (broad SMARTS) is 2. The van der Waals surface area contributed by atoms with Crippen LogP contribution in [-0.4, -0.2) is 143 Å². The Morgan fingerprint density at radius 3 is 1.29 bits per heavy atom. The van der Waals surface area contributed by atoms with Gasteiger partial charge in [-0.1, -0.05) is 24.3 Å². The number of rotatable bonds is 32. The number of amides is 2. The number of sulfonamides is 2. The van der Waals surface area contributed by atoms with Gasteiger partial charge >= 0.3 is 11.9 Å². The number of halogens is 2. The number of carbonyl (C=O) groups excluding carboxylic acids is 2. The van der Waals surface area contributed by atoms with Gasteiger partial charge in [-0.3, -0.25) is 18.2 Å². The molecule has 10 rings (SSSR count). The maximum Gasteiger partial charge on any atom is 0.335 e. The van der Waals surface area contributed by atoms with Crippen molar-refractivity contribution in [2.24, 2.45) is 0 Å². The molecule has 4 N–H and O–H groups in total. The summed E-state index contributed by atoms with van der Waals surface area (Å²) in [5.41, 5.74) is 7.40. The van der Waals surface area contributed by atoms with E-state index in [4.69, 9.17) is 38.0 Å². The van der Waals surface area contributed by atoms with Gasteiger partial charge in [-0.15, -0.1) is 0 Å². The van der Waals surface area contributed by atoms with E-state index in [0.29, 0.717) is 94.8 Å². The molecule has 2 amide bonds. The van der Waals surface area contributed by atoms with E-state index in [1.54, 1.807) is 54.6 Å². The van der Waals surface area contributed by atoms with Crippen molar-refractivity contribution in [2.75, 3.05) is 101 Å². The van der Waals surface area contributed by atoms with Crippen LogP contribution in [0.25, 0.3) is 44.6 Å². The largest absolute Gasteiger partial charge is 0.478 e. The first-order valence-corrected chi connectivity index (χ1v) is 33.9.